The van der Waals surface area contributed by atoms with E-state index in [4.69, 9.17) is 0 Å². The molecule has 0 spiro atoms. The van der Waals surface area contributed by atoms with Crippen molar-refractivity contribution in [1.82, 2.24) is 20.0 Å². The Balaban J connectivity index is 1.94. The highest BCUT2D eigenvalue weighted by Gasteiger charge is 2.23. The van der Waals surface area contributed by atoms with E-state index in [-0.39, 0.29) is 18.5 Å². The second-order valence-corrected chi connectivity index (χ2v) is 7.40. The lowest BCUT2D eigenvalue weighted by molar-refractivity contribution is -0.131. The molecule has 0 saturated carbocycles. The van der Waals surface area contributed by atoms with E-state index in [9.17, 15) is 9.59 Å². The van der Waals surface area contributed by atoms with Gasteiger partial charge in [-0.15, -0.1) is 0 Å². The molecular weight excluding hydrogens is 328 g/mol. The van der Waals surface area contributed by atoms with Crippen molar-refractivity contribution >= 4 is 11.9 Å². The molecule has 1 N–H and O–H groups in total. The quantitative estimate of drug-likeness (QED) is 0.805. The van der Waals surface area contributed by atoms with E-state index >= 15 is 0 Å². The van der Waals surface area contributed by atoms with Gasteiger partial charge in [-0.3, -0.25) is 4.79 Å². The highest BCUT2D eigenvalue weighted by molar-refractivity contribution is 5.83. The van der Waals surface area contributed by atoms with E-state index in [0.717, 1.165) is 32.5 Å². The zero-order valence-electron chi connectivity index (χ0n) is 16.3. The van der Waals surface area contributed by atoms with E-state index in [0.29, 0.717) is 12.5 Å². The van der Waals surface area contributed by atoms with Crippen molar-refractivity contribution in [1.29, 1.82) is 0 Å². The second-order valence-electron chi connectivity index (χ2n) is 7.40. The molecule has 0 aromatic heterocycles. The molecule has 6 heteroatoms. The van der Waals surface area contributed by atoms with Gasteiger partial charge in [0.25, 0.3) is 0 Å². The summed E-state index contributed by atoms with van der Waals surface area (Å²) in [4.78, 5) is 30.1. The Labute approximate surface area is 157 Å². The predicted octanol–water partition coefficient (Wildman–Crippen LogP) is 1.67. The molecule has 0 unspecified atom stereocenters. The summed E-state index contributed by atoms with van der Waals surface area (Å²) in [5, 5.41) is 2.69. The van der Waals surface area contributed by atoms with Crippen LogP contribution in [0, 0.1) is 5.92 Å². The number of amides is 3. The molecule has 1 fully saturated rings. The van der Waals surface area contributed by atoms with Gasteiger partial charge >= 0.3 is 6.03 Å². The van der Waals surface area contributed by atoms with Crippen molar-refractivity contribution in [2.75, 3.05) is 53.9 Å². The Hall–Kier alpha value is -2.08. The number of likely N-dealkylation sites (tertiary alicyclic amines) is 1. The van der Waals surface area contributed by atoms with Gasteiger partial charge in [-0.25, -0.2) is 4.79 Å². The number of nitrogens with one attached hydrogen (secondary N) is 1. The van der Waals surface area contributed by atoms with Crippen LogP contribution in [0.5, 0.6) is 0 Å². The number of benzene rings is 1. The first-order valence-corrected chi connectivity index (χ1v) is 9.41. The van der Waals surface area contributed by atoms with Crippen LogP contribution in [0.2, 0.25) is 0 Å². The van der Waals surface area contributed by atoms with Crippen LogP contribution in [0.25, 0.3) is 0 Å². The van der Waals surface area contributed by atoms with Gasteiger partial charge in [-0.2, -0.15) is 0 Å². The van der Waals surface area contributed by atoms with E-state index < -0.39 is 0 Å². The van der Waals surface area contributed by atoms with Crippen molar-refractivity contribution in [3.8, 4) is 0 Å². The van der Waals surface area contributed by atoms with Gasteiger partial charge in [0, 0.05) is 33.7 Å². The summed E-state index contributed by atoms with van der Waals surface area (Å²) in [7, 11) is 5.48. The van der Waals surface area contributed by atoms with Gasteiger partial charge in [0.15, 0.2) is 0 Å². The standard InChI is InChI=1S/C20H32N4O2/c1-22(2)20(26)21-14-19(25)24(13-11-17-8-5-4-6-9-17)16-18-10-7-12-23(3)15-18/h4-6,8-9,18H,7,10-16H2,1-3H3,(H,21,26)/t18-/m1/s1. The summed E-state index contributed by atoms with van der Waals surface area (Å²) in [5.41, 5.74) is 1.23. The molecule has 1 aromatic carbocycles. The second kappa shape index (κ2) is 10.2. The Morgan fingerprint density at radius 2 is 1.96 bits per heavy atom. The number of hydrogen-bond donors (Lipinski definition) is 1. The molecule has 1 atom stereocenters. The smallest absolute Gasteiger partial charge is 0.317 e. The maximum atomic E-state index is 12.7. The molecule has 1 heterocycles. The third-order valence-electron chi connectivity index (χ3n) is 4.86. The fraction of sp³-hybridized carbons (Fsp3) is 0.600. The van der Waals surface area contributed by atoms with Gasteiger partial charge in [-0.1, -0.05) is 30.3 Å². The zero-order chi connectivity index (χ0) is 18.9. The number of carbonyl (C=O) groups excluding carboxylic acids is 2. The average molecular weight is 361 g/mol. The summed E-state index contributed by atoms with van der Waals surface area (Å²) in [6.07, 6.45) is 3.17. The van der Waals surface area contributed by atoms with Gasteiger partial charge in [0.2, 0.25) is 5.91 Å². The Morgan fingerprint density at radius 3 is 2.62 bits per heavy atom. The van der Waals surface area contributed by atoms with Crippen LogP contribution >= 0.6 is 0 Å². The molecule has 0 aliphatic carbocycles. The first-order chi connectivity index (χ1) is 12.5. The summed E-state index contributed by atoms with van der Waals surface area (Å²) in [6, 6.07) is 9.99. The SMILES string of the molecule is CN1CCC[C@@H](CN(CCc2ccccc2)C(=O)CNC(=O)N(C)C)C1. The lowest BCUT2D eigenvalue weighted by atomic mass is 9.97. The number of hydrogen-bond acceptors (Lipinski definition) is 3. The van der Waals surface area contributed by atoms with E-state index in [1.807, 2.05) is 23.1 Å². The van der Waals surface area contributed by atoms with Crippen molar-refractivity contribution in [3.05, 3.63) is 35.9 Å². The Morgan fingerprint density at radius 1 is 1.23 bits per heavy atom. The van der Waals surface area contributed by atoms with Crippen LogP contribution in [-0.4, -0.2) is 80.5 Å². The topological polar surface area (TPSA) is 55.9 Å². The summed E-state index contributed by atoms with van der Waals surface area (Å²) < 4.78 is 0. The van der Waals surface area contributed by atoms with Gasteiger partial charge in [0.05, 0.1) is 6.54 Å². The van der Waals surface area contributed by atoms with Crippen LogP contribution in [-0.2, 0) is 11.2 Å². The van der Waals surface area contributed by atoms with Crippen LogP contribution < -0.4 is 5.32 Å². The minimum Gasteiger partial charge on any atom is -0.341 e. The van der Waals surface area contributed by atoms with E-state index in [1.54, 1.807) is 14.1 Å². The van der Waals surface area contributed by atoms with Crippen molar-refractivity contribution in [2.24, 2.45) is 5.92 Å². The first kappa shape index (κ1) is 20.2. The molecule has 1 aliphatic heterocycles. The Bertz CT molecular complexity index is 576. The van der Waals surface area contributed by atoms with Crippen LogP contribution in [0.15, 0.2) is 30.3 Å². The van der Waals surface area contributed by atoms with Crippen LogP contribution in [0.4, 0.5) is 4.79 Å². The number of carbonyl (C=O) groups is 2. The molecule has 6 nitrogen and oxygen atoms in total. The lowest BCUT2D eigenvalue weighted by Gasteiger charge is -2.34. The number of rotatable bonds is 7. The Kier molecular flexibility index (Phi) is 7.91. The highest BCUT2D eigenvalue weighted by Crippen LogP contribution is 2.17. The minimum atomic E-state index is -0.237. The largest absolute Gasteiger partial charge is 0.341 e. The molecule has 144 valence electrons. The number of nitrogens with zero attached hydrogens (tertiary/aromatic N) is 3. The molecule has 2 rings (SSSR count). The monoisotopic (exact) mass is 360 g/mol. The summed E-state index contributed by atoms with van der Waals surface area (Å²) in [6.45, 7) is 3.65. The maximum absolute atomic E-state index is 12.7. The summed E-state index contributed by atoms with van der Waals surface area (Å²) in [5.74, 6) is 0.488. The summed E-state index contributed by atoms with van der Waals surface area (Å²) >= 11 is 0. The molecule has 1 saturated heterocycles. The van der Waals surface area contributed by atoms with Crippen molar-refractivity contribution in [2.45, 2.75) is 19.3 Å². The number of urea groups is 1. The molecule has 26 heavy (non-hydrogen) atoms. The lowest BCUT2D eigenvalue weighted by Crippen LogP contribution is -2.47. The minimum absolute atomic E-state index is 0.00985. The normalized spacial score (nSPS) is 17.6. The zero-order valence-corrected chi connectivity index (χ0v) is 16.3. The molecule has 0 radical (unpaired) electrons. The van der Waals surface area contributed by atoms with Gasteiger partial charge < -0.3 is 20.0 Å². The van der Waals surface area contributed by atoms with Crippen LogP contribution in [0.1, 0.15) is 18.4 Å². The fourth-order valence-electron chi connectivity index (χ4n) is 3.38. The molecule has 3 amide bonds. The number of piperidine rings is 1. The molecule has 0 bridgehead atoms. The predicted molar refractivity (Wildman–Crippen MR) is 104 cm³/mol. The fourth-order valence-corrected chi connectivity index (χ4v) is 3.38. The average Bonchev–Trinajstić information content (AvgIpc) is 2.63. The molecular formula is C20H32N4O2. The first-order valence-electron chi connectivity index (χ1n) is 9.41. The molecule has 1 aromatic rings. The molecule has 1 aliphatic rings. The third-order valence-corrected chi connectivity index (χ3v) is 4.86. The van der Waals surface area contributed by atoms with Crippen LogP contribution in [0.3, 0.4) is 0 Å². The maximum Gasteiger partial charge on any atom is 0.317 e. The van der Waals surface area contributed by atoms with Crippen molar-refractivity contribution in [3.63, 3.8) is 0 Å². The van der Waals surface area contributed by atoms with E-state index in [2.05, 4.69) is 29.4 Å². The van der Waals surface area contributed by atoms with Gasteiger partial charge in [0.1, 0.15) is 0 Å². The van der Waals surface area contributed by atoms with Crippen molar-refractivity contribution < 1.29 is 9.59 Å². The van der Waals surface area contributed by atoms with E-state index in [1.165, 1.54) is 16.9 Å². The van der Waals surface area contributed by atoms with Gasteiger partial charge in [-0.05, 0) is 44.3 Å². The highest BCUT2D eigenvalue weighted by atomic mass is 16.2. The third kappa shape index (κ3) is 6.67.